The number of aliphatic carboxylic acids is 1. The maximum Gasteiger partial charge on any atom is 0.313 e. The van der Waals surface area contributed by atoms with Crippen LogP contribution in [0.2, 0.25) is 0 Å². The highest BCUT2D eigenvalue weighted by Gasteiger charge is 2.61. The Morgan fingerprint density at radius 1 is 1.24 bits per heavy atom. The SMILES string of the molecule is CC1(C)C(=O)CCC2(C)C3=CCCC[C@]3(C(=O)O)CC[C@@H]12. The highest BCUT2D eigenvalue weighted by atomic mass is 16.4. The molecular formula is C18H26O3. The van der Waals surface area contributed by atoms with Crippen molar-refractivity contribution in [3.8, 4) is 0 Å². The van der Waals surface area contributed by atoms with Crippen LogP contribution in [0.25, 0.3) is 0 Å². The lowest BCUT2D eigenvalue weighted by atomic mass is 9.44. The first-order valence-corrected chi connectivity index (χ1v) is 8.23. The van der Waals surface area contributed by atoms with Gasteiger partial charge in [0.05, 0.1) is 5.41 Å². The Hall–Kier alpha value is -1.12. The van der Waals surface area contributed by atoms with E-state index < -0.39 is 11.4 Å². The third-order valence-corrected chi connectivity index (χ3v) is 6.79. The van der Waals surface area contributed by atoms with E-state index in [1.165, 1.54) is 0 Å². The van der Waals surface area contributed by atoms with E-state index in [2.05, 4.69) is 26.8 Å². The summed E-state index contributed by atoms with van der Waals surface area (Å²) in [5.41, 5.74) is 0.0512. The predicted octanol–water partition coefficient (Wildman–Crippen LogP) is 3.97. The molecule has 3 nitrogen and oxygen atoms in total. The number of carboxylic acids is 1. The summed E-state index contributed by atoms with van der Waals surface area (Å²) in [5.74, 6) is -0.0184. The van der Waals surface area contributed by atoms with Crippen molar-refractivity contribution in [3.63, 3.8) is 0 Å². The summed E-state index contributed by atoms with van der Waals surface area (Å²) in [6, 6.07) is 0. The molecule has 0 radical (unpaired) electrons. The van der Waals surface area contributed by atoms with Crippen molar-refractivity contribution in [1.82, 2.24) is 0 Å². The Labute approximate surface area is 126 Å². The highest BCUT2D eigenvalue weighted by Crippen LogP contribution is 2.65. The summed E-state index contributed by atoms with van der Waals surface area (Å²) >= 11 is 0. The van der Waals surface area contributed by atoms with Gasteiger partial charge in [-0.25, -0.2) is 0 Å². The molecule has 1 unspecified atom stereocenters. The fraction of sp³-hybridized carbons (Fsp3) is 0.778. The maximum absolute atomic E-state index is 12.4. The molecule has 2 fully saturated rings. The van der Waals surface area contributed by atoms with Crippen LogP contribution in [0.15, 0.2) is 11.6 Å². The average Bonchev–Trinajstić information content (AvgIpc) is 2.43. The molecule has 1 N–H and O–H groups in total. The zero-order valence-electron chi connectivity index (χ0n) is 13.4. The predicted molar refractivity (Wildman–Crippen MR) is 80.9 cm³/mol. The normalized spacial score (nSPS) is 41.8. The van der Waals surface area contributed by atoms with E-state index >= 15 is 0 Å². The molecule has 0 heterocycles. The van der Waals surface area contributed by atoms with E-state index in [1.54, 1.807) is 0 Å². The third-order valence-electron chi connectivity index (χ3n) is 6.79. The number of fused-ring (bicyclic) bond motifs is 3. The van der Waals surface area contributed by atoms with E-state index in [-0.39, 0.29) is 16.7 Å². The molecule has 21 heavy (non-hydrogen) atoms. The van der Waals surface area contributed by atoms with Gasteiger partial charge in [-0.3, -0.25) is 9.59 Å². The second-order valence-corrected chi connectivity index (χ2v) is 8.05. The molecule has 3 rings (SSSR count). The lowest BCUT2D eigenvalue weighted by Gasteiger charge is -2.59. The van der Waals surface area contributed by atoms with Crippen LogP contribution in [0.1, 0.15) is 65.7 Å². The van der Waals surface area contributed by atoms with E-state index in [0.29, 0.717) is 18.6 Å². The Balaban J connectivity index is 2.11. The molecule has 2 saturated carbocycles. The molecule has 3 aliphatic carbocycles. The molecule has 0 amide bonds. The van der Waals surface area contributed by atoms with E-state index in [4.69, 9.17) is 0 Å². The standard InChI is InChI=1S/C18H26O3/c1-16(2)12-7-11-18(15(20)21)9-5-4-6-13(18)17(12,3)10-8-14(16)19/h6,12H,4-5,7-11H2,1-3H3,(H,20,21)/t12-,17?,18-/m0/s1. The van der Waals surface area contributed by atoms with Crippen LogP contribution < -0.4 is 0 Å². The molecular weight excluding hydrogens is 264 g/mol. The van der Waals surface area contributed by atoms with Gasteiger partial charge >= 0.3 is 5.97 Å². The second-order valence-electron chi connectivity index (χ2n) is 8.05. The molecule has 0 aromatic heterocycles. The van der Waals surface area contributed by atoms with Crippen molar-refractivity contribution in [2.45, 2.75) is 65.7 Å². The molecule has 0 bridgehead atoms. The number of carbonyl (C=O) groups is 2. The topological polar surface area (TPSA) is 54.4 Å². The highest BCUT2D eigenvalue weighted by molar-refractivity contribution is 5.86. The number of carboxylic acid groups (broad SMARTS) is 1. The number of hydrogen-bond donors (Lipinski definition) is 1. The number of Topliss-reactive ketones (excluding diaryl/α,β-unsaturated/α-hetero) is 1. The summed E-state index contributed by atoms with van der Waals surface area (Å²) in [5, 5.41) is 9.90. The third kappa shape index (κ3) is 1.79. The summed E-state index contributed by atoms with van der Waals surface area (Å²) in [6.07, 6.45) is 7.90. The van der Waals surface area contributed by atoms with Crippen LogP contribution in [0.4, 0.5) is 0 Å². The Bertz CT molecular complexity index is 531. The minimum Gasteiger partial charge on any atom is -0.481 e. The molecule has 0 saturated heterocycles. The minimum absolute atomic E-state index is 0.117. The molecule has 0 spiro atoms. The van der Waals surface area contributed by atoms with E-state index in [0.717, 1.165) is 37.7 Å². The van der Waals surface area contributed by atoms with Crippen molar-refractivity contribution in [1.29, 1.82) is 0 Å². The van der Waals surface area contributed by atoms with Crippen molar-refractivity contribution < 1.29 is 14.7 Å². The van der Waals surface area contributed by atoms with Crippen LogP contribution in [0.3, 0.4) is 0 Å². The van der Waals surface area contributed by atoms with Gasteiger partial charge in [0.1, 0.15) is 5.78 Å². The van der Waals surface area contributed by atoms with Gasteiger partial charge in [-0.1, -0.05) is 32.4 Å². The zero-order chi connectivity index (χ0) is 15.5. The lowest BCUT2D eigenvalue weighted by molar-refractivity contribution is -0.155. The summed E-state index contributed by atoms with van der Waals surface area (Å²) < 4.78 is 0. The van der Waals surface area contributed by atoms with Crippen LogP contribution in [0, 0.1) is 22.2 Å². The average molecular weight is 290 g/mol. The van der Waals surface area contributed by atoms with Gasteiger partial charge in [0.2, 0.25) is 0 Å². The van der Waals surface area contributed by atoms with E-state index in [1.807, 2.05) is 0 Å². The Kier molecular flexibility index (Phi) is 3.13. The van der Waals surface area contributed by atoms with Gasteiger partial charge < -0.3 is 5.11 Å². The monoisotopic (exact) mass is 290 g/mol. The van der Waals surface area contributed by atoms with Gasteiger partial charge in [-0.2, -0.15) is 0 Å². The van der Waals surface area contributed by atoms with Gasteiger partial charge in [0, 0.05) is 11.8 Å². The van der Waals surface area contributed by atoms with Gasteiger partial charge in [-0.15, -0.1) is 0 Å². The van der Waals surface area contributed by atoms with Crippen molar-refractivity contribution in [3.05, 3.63) is 11.6 Å². The summed E-state index contributed by atoms with van der Waals surface area (Å²) in [6.45, 7) is 6.35. The first-order valence-electron chi connectivity index (χ1n) is 8.23. The fourth-order valence-corrected chi connectivity index (χ4v) is 5.60. The first kappa shape index (κ1) is 14.8. The fourth-order valence-electron chi connectivity index (χ4n) is 5.60. The zero-order valence-corrected chi connectivity index (χ0v) is 13.4. The van der Waals surface area contributed by atoms with Gasteiger partial charge in [-0.05, 0) is 49.9 Å². The van der Waals surface area contributed by atoms with Crippen molar-refractivity contribution >= 4 is 11.8 Å². The van der Waals surface area contributed by atoms with Crippen molar-refractivity contribution in [2.75, 3.05) is 0 Å². The van der Waals surface area contributed by atoms with Crippen LogP contribution in [0.5, 0.6) is 0 Å². The van der Waals surface area contributed by atoms with Gasteiger partial charge in [0.15, 0.2) is 0 Å². The quantitative estimate of drug-likeness (QED) is 0.743. The number of allylic oxidation sites excluding steroid dienone is 1. The largest absolute Gasteiger partial charge is 0.481 e. The minimum atomic E-state index is -0.653. The number of hydrogen-bond acceptors (Lipinski definition) is 2. The summed E-state index contributed by atoms with van der Waals surface area (Å²) in [7, 11) is 0. The van der Waals surface area contributed by atoms with Gasteiger partial charge in [0.25, 0.3) is 0 Å². The molecule has 0 aliphatic heterocycles. The number of rotatable bonds is 1. The van der Waals surface area contributed by atoms with Crippen LogP contribution >= 0.6 is 0 Å². The lowest BCUT2D eigenvalue weighted by Crippen LogP contribution is -2.56. The molecule has 0 aromatic carbocycles. The number of carbonyl (C=O) groups excluding carboxylic acids is 1. The Morgan fingerprint density at radius 3 is 2.62 bits per heavy atom. The number of ketones is 1. The molecule has 3 aliphatic rings. The second kappa shape index (κ2) is 4.44. The summed E-state index contributed by atoms with van der Waals surface area (Å²) in [4.78, 5) is 24.4. The van der Waals surface area contributed by atoms with E-state index in [9.17, 15) is 14.7 Å². The smallest absolute Gasteiger partial charge is 0.313 e. The Morgan fingerprint density at radius 2 is 1.95 bits per heavy atom. The molecule has 116 valence electrons. The van der Waals surface area contributed by atoms with Crippen molar-refractivity contribution in [2.24, 2.45) is 22.2 Å². The van der Waals surface area contributed by atoms with Crippen LogP contribution in [-0.2, 0) is 9.59 Å². The molecule has 0 aromatic rings. The van der Waals surface area contributed by atoms with Crippen LogP contribution in [-0.4, -0.2) is 16.9 Å². The maximum atomic E-state index is 12.4. The molecule has 3 heteroatoms. The first-order chi connectivity index (χ1) is 9.75. The molecule has 3 atom stereocenters.